The van der Waals surface area contributed by atoms with Crippen molar-refractivity contribution in [1.29, 1.82) is 0 Å². The zero-order valence-electron chi connectivity index (χ0n) is 18.1. The van der Waals surface area contributed by atoms with Gasteiger partial charge in [0.05, 0.1) is 31.9 Å². The van der Waals surface area contributed by atoms with Gasteiger partial charge in [0.2, 0.25) is 0 Å². The number of pyridine rings is 1. The first-order valence-corrected chi connectivity index (χ1v) is 10.5. The first-order valence-electron chi connectivity index (χ1n) is 10.5. The standard InChI is InChI=1S/C25H24N4O3/c1-30-19-6-8-23(31-2)20(12-19)22-7-5-17(13-26-22)15-29-10-9-21-18(16-29)14-27-25(28-21)24-4-3-11-32-24/h3-8,11-14H,9-10,15-16H2,1-2H3. The molecule has 0 amide bonds. The maximum Gasteiger partial charge on any atom is 0.195 e. The number of furan rings is 1. The number of nitrogens with zero attached hydrogens (tertiary/aromatic N) is 4. The van der Waals surface area contributed by atoms with Crippen molar-refractivity contribution in [3.8, 4) is 34.3 Å². The number of rotatable bonds is 6. The highest BCUT2D eigenvalue weighted by atomic mass is 16.5. The molecule has 0 N–H and O–H groups in total. The highest BCUT2D eigenvalue weighted by Gasteiger charge is 2.20. The second kappa shape index (κ2) is 8.80. The Kier molecular flexibility index (Phi) is 5.56. The lowest BCUT2D eigenvalue weighted by Gasteiger charge is -2.28. The Hall–Kier alpha value is -3.71. The van der Waals surface area contributed by atoms with Crippen molar-refractivity contribution in [2.75, 3.05) is 20.8 Å². The summed E-state index contributed by atoms with van der Waals surface area (Å²) in [5.41, 5.74) is 5.19. The van der Waals surface area contributed by atoms with E-state index in [1.807, 2.05) is 48.8 Å². The topological polar surface area (TPSA) is 73.5 Å². The van der Waals surface area contributed by atoms with E-state index in [4.69, 9.17) is 18.9 Å². The summed E-state index contributed by atoms with van der Waals surface area (Å²) in [6, 6.07) is 13.6. The Morgan fingerprint density at radius 3 is 2.72 bits per heavy atom. The molecule has 4 heterocycles. The molecule has 0 unspecified atom stereocenters. The third-order valence-corrected chi connectivity index (χ3v) is 5.67. The van der Waals surface area contributed by atoms with E-state index in [2.05, 4.69) is 20.9 Å². The van der Waals surface area contributed by atoms with Crippen LogP contribution in [0.15, 0.2) is 65.5 Å². The average Bonchev–Trinajstić information content (AvgIpc) is 3.39. The maximum atomic E-state index is 5.49. The van der Waals surface area contributed by atoms with Crippen molar-refractivity contribution in [3.63, 3.8) is 0 Å². The Morgan fingerprint density at radius 2 is 1.97 bits per heavy atom. The molecule has 1 aliphatic rings. The molecule has 5 rings (SSSR count). The second-order valence-electron chi connectivity index (χ2n) is 7.72. The lowest BCUT2D eigenvalue weighted by molar-refractivity contribution is 0.242. The van der Waals surface area contributed by atoms with E-state index in [0.717, 1.165) is 65.6 Å². The molecule has 7 heteroatoms. The fourth-order valence-electron chi connectivity index (χ4n) is 3.98. The van der Waals surface area contributed by atoms with Gasteiger partial charge in [-0.3, -0.25) is 9.88 Å². The molecule has 0 aliphatic carbocycles. The Bertz CT molecular complexity index is 1210. The maximum absolute atomic E-state index is 5.49. The molecule has 1 aliphatic heterocycles. The summed E-state index contributed by atoms with van der Waals surface area (Å²) in [7, 11) is 3.32. The second-order valence-corrected chi connectivity index (χ2v) is 7.72. The zero-order chi connectivity index (χ0) is 21.9. The van der Waals surface area contributed by atoms with E-state index in [0.29, 0.717) is 11.6 Å². The smallest absolute Gasteiger partial charge is 0.195 e. The van der Waals surface area contributed by atoms with E-state index in [-0.39, 0.29) is 0 Å². The van der Waals surface area contributed by atoms with Crippen LogP contribution in [0.2, 0.25) is 0 Å². The Balaban J connectivity index is 1.29. The number of ether oxygens (including phenoxy) is 2. The largest absolute Gasteiger partial charge is 0.497 e. The lowest BCUT2D eigenvalue weighted by Crippen LogP contribution is -2.31. The fraction of sp³-hybridized carbons (Fsp3) is 0.240. The van der Waals surface area contributed by atoms with Gasteiger partial charge in [0.15, 0.2) is 11.6 Å². The normalized spacial score (nSPS) is 13.6. The van der Waals surface area contributed by atoms with Gasteiger partial charge in [0.25, 0.3) is 0 Å². The van der Waals surface area contributed by atoms with Gasteiger partial charge in [-0.2, -0.15) is 0 Å². The van der Waals surface area contributed by atoms with Crippen LogP contribution in [-0.4, -0.2) is 40.6 Å². The highest BCUT2D eigenvalue weighted by Crippen LogP contribution is 2.32. The molecular weight excluding hydrogens is 404 g/mol. The minimum absolute atomic E-state index is 0.648. The van der Waals surface area contributed by atoms with Gasteiger partial charge >= 0.3 is 0 Å². The van der Waals surface area contributed by atoms with E-state index < -0.39 is 0 Å². The third kappa shape index (κ3) is 4.07. The molecule has 7 nitrogen and oxygen atoms in total. The number of fused-ring (bicyclic) bond motifs is 1. The zero-order valence-corrected chi connectivity index (χ0v) is 18.1. The van der Waals surface area contributed by atoms with Crippen LogP contribution >= 0.6 is 0 Å². The molecule has 1 aromatic carbocycles. The number of benzene rings is 1. The molecule has 4 aromatic rings. The van der Waals surface area contributed by atoms with Crippen molar-refractivity contribution in [1.82, 2.24) is 19.9 Å². The van der Waals surface area contributed by atoms with E-state index >= 15 is 0 Å². The summed E-state index contributed by atoms with van der Waals surface area (Å²) in [5, 5.41) is 0. The summed E-state index contributed by atoms with van der Waals surface area (Å²) in [6.45, 7) is 2.58. The lowest BCUT2D eigenvalue weighted by atomic mass is 10.1. The minimum atomic E-state index is 0.648. The third-order valence-electron chi connectivity index (χ3n) is 5.67. The quantitative estimate of drug-likeness (QED) is 0.451. The first-order chi connectivity index (χ1) is 15.7. The predicted octanol–water partition coefficient (Wildman–Crippen LogP) is 4.37. The summed E-state index contributed by atoms with van der Waals surface area (Å²) < 4.78 is 16.3. The molecule has 0 radical (unpaired) electrons. The van der Waals surface area contributed by atoms with Crippen molar-refractivity contribution >= 4 is 0 Å². The van der Waals surface area contributed by atoms with Crippen molar-refractivity contribution in [2.45, 2.75) is 19.5 Å². The summed E-state index contributed by atoms with van der Waals surface area (Å²) in [4.78, 5) is 16.3. The summed E-state index contributed by atoms with van der Waals surface area (Å²) in [6.07, 6.45) is 6.38. The van der Waals surface area contributed by atoms with Crippen molar-refractivity contribution < 1.29 is 13.9 Å². The van der Waals surface area contributed by atoms with Crippen LogP contribution in [0.5, 0.6) is 11.5 Å². The minimum Gasteiger partial charge on any atom is -0.497 e. The number of aromatic nitrogens is 3. The molecule has 0 saturated carbocycles. The molecule has 32 heavy (non-hydrogen) atoms. The number of hydrogen-bond donors (Lipinski definition) is 0. The van der Waals surface area contributed by atoms with Crippen LogP contribution in [0.1, 0.15) is 16.8 Å². The molecule has 0 atom stereocenters. The van der Waals surface area contributed by atoms with Gasteiger partial charge in [-0.05, 0) is 42.0 Å². The molecule has 0 spiro atoms. The summed E-state index contributed by atoms with van der Waals surface area (Å²) in [5.74, 6) is 2.90. The van der Waals surface area contributed by atoms with Gasteiger partial charge in [-0.25, -0.2) is 9.97 Å². The van der Waals surface area contributed by atoms with Gasteiger partial charge < -0.3 is 13.9 Å². The average molecular weight is 428 g/mol. The van der Waals surface area contributed by atoms with E-state index in [9.17, 15) is 0 Å². The first kappa shape index (κ1) is 20.2. The van der Waals surface area contributed by atoms with Crippen molar-refractivity contribution in [2.24, 2.45) is 0 Å². The molecule has 162 valence electrons. The van der Waals surface area contributed by atoms with Crippen LogP contribution in [-0.2, 0) is 19.5 Å². The molecule has 0 fully saturated rings. The molecule has 0 saturated heterocycles. The van der Waals surface area contributed by atoms with Crippen LogP contribution < -0.4 is 9.47 Å². The predicted molar refractivity (Wildman–Crippen MR) is 120 cm³/mol. The van der Waals surface area contributed by atoms with Gasteiger partial charge in [0.1, 0.15) is 11.5 Å². The van der Waals surface area contributed by atoms with Crippen LogP contribution in [0.3, 0.4) is 0 Å². The summed E-state index contributed by atoms with van der Waals surface area (Å²) >= 11 is 0. The van der Waals surface area contributed by atoms with Crippen LogP contribution in [0.4, 0.5) is 0 Å². The number of methoxy groups -OCH3 is 2. The highest BCUT2D eigenvalue weighted by molar-refractivity contribution is 5.69. The number of hydrogen-bond acceptors (Lipinski definition) is 7. The monoisotopic (exact) mass is 428 g/mol. The Labute approximate surface area is 186 Å². The van der Waals surface area contributed by atoms with Gasteiger partial charge in [-0.15, -0.1) is 0 Å². The Morgan fingerprint density at radius 1 is 1.03 bits per heavy atom. The van der Waals surface area contributed by atoms with Gasteiger partial charge in [-0.1, -0.05) is 6.07 Å². The SMILES string of the molecule is COc1ccc(OC)c(-c2ccc(CN3CCc4nc(-c5ccco5)ncc4C3)cn2)c1. The molecular formula is C25H24N4O3. The van der Waals surface area contributed by atoms with Crippen LogP contribution in [0, 0.1) is 0 Å². The van der Waals surface area contributed by atoms with E-state index in [1.165, 1.54) is 0 Å². The van der Waals surface area contributed by atoms with Gasteiger partial charge in [0, 0.05) is 49.6 Å². The molecule has 3 aromatic heterocycles. The molecule has 0 bridgehead atoms. The van der Waals surface area contributed by atoms with E-state index in [1.54, 1.807) is 20.5 Å². The van der Waals surface area contributed by atoms with Crippen molar-refractivity contribution in [3.05, 3.63) is 77.9 Å². The van der Waals surface area contributed by atoms with Crippen LogP contribution in [0.25, 0.3) is 22.8 Å². The fourth-order valence-corrected chi connectivity index (χ4v) is 3.98.